The lowest BCUT2D eigenvalue weighted by Crippen LogP contribution is -2.26. The molecule has 2 aromatic carbocycles. The molecule has 0 aliphatic rings. The Balaban J connectivity index is 2.01. The van der Waals surface area contributed by atoms with E-state index < -0.39 is 11.7 Å². The second-order valence-corrected chi connectivity index (χ2v) is 5.77. The summed E-state index contributed by atoms with van der Waals surface area (Å²) in [5.74, 6) is -0.343. The Labute approximate surface area is 148 Å². The molecule has 3 rings (SSSR count). The Morgan fingerprint density at radius 1 is 1.04 bits per heavy atom. The Hall–Kier alpha value is -3.09. The zero-order valence-corrected chi connectivity index (χ0v) is 14.2. The third-order valence-corrected chi connectivity index (χ3v) is 4.13. The number of hydrogen-bond acceptors (Lipinski definition) is 2. The molecule has 0 aliphatic carbocycles. The van der Waals surface area contributed by atoms with Crippen molar-refractivity contribution in [3.8, 4) is 5.69 Å². The van der Waals surface area contributed by atoms with Crippen LogP contribution in [-0.2, 0) is 6.18 Å². The average Bonchev–Trinajstić information content (AvgIpc) is 3.02. The van der Waals surface area contributed by atoms with E-state index in [2.05, 4.69) is 5.10 Å². The van der Waals surface area contributed by atoms with Crippen LogP contribution < -0.4 is 4.90 Å². The second kappa shape index (κ2) is 6.67. The van der Waals surface area contributed by atoms with E-state index in [1.54, 1.807) is 38.2 Å². The quantitative estimate of drug-likeness (QED) is 0.692. The summed E-state index contributed by atoms with van der Waals surface area (Å²) in [4.78, 5) is 14.2. The number of nitrogens with zero attached hydrogens (tertiary/aromatic N) is 3. The van der Waals surface area contributed by atoms with Gasteiger partial charge in [0.05, 0.1) is 28.7 Å². The Bertz CT molecular complexity index is 933. The van der Waals surface area contributed by atoms with Crippen LogP contribution in [0, 0.1) is 6.92 Å². The fraction of sp³-hybridized carbons (Fsp3) is 0.158. The fourth-order valence-corrected chi connectivity index (χ4v) is 2.71. The minimum Gasteiger partial charge on any atom is -0.311 e. The van der Waals surface area contributed by atoms with Gasteiger partial charge in [-0.25, -0.2) is 4.68 Å². The number of rotatable bonds is 3. The maximum Gasteiger partial charge on any atom is 0.418 e. The van der Waals surface area contributed by atoms with Crippen LogP contribution in [0.5, 0.6) is 0 Å². The SMILES string of the molecule is Cc1c(C(=O)N(C)c2ccccc2)cnn1-c1ccccc1C(F)(F)F. The lowest BCUT2D eigenvalue weighted by atomic mass is 10.1. The zero-order valence-electron chi connectivity index (χ0n) is 14.2. The third-order valence-electron chi connectivity index (χ3n) is 4.13. The molecule has 134 valence electrons. The van der Waals surface area contributed by atoms with E-state index in [9.17, 15) is 18.0 Å². The Morgan fingerprint density at radius 2 is 1.65 bits per heavy atom. The van der Waals surface area contributed by atoms with E-state index in [4.69, 9.17) is 0 Å². The Morgan fingerprint density at radius 3 is 2.31 bits per heavy atom. The first kappa shape index (κ1) is 17.7. The molecule has 0 radical (unpaired) electrons. The van der Waals surface area contributed by atoms with Gasteiger partial charge in [0.15, 0.2) is 0 Å². The first-order valence-electron chi connectivity index (χ1n) is 7.85. The predicted molar refractivity (Wildman–Crippen MR) is 92.5 cm³/mol. The summed E-state index contributed by atoms with van der Waals surface area (Å²) in [5, 5.41) is 4.03. The summed E-state index contributed by atoms with van der Waals surface area (Å²) in [5.41, 5.74) is 0.351. The standard InChI is InChI=1S/C19H16F3N3O/c1-13-15(18(26)24(2)14-8-4-3-5-9-14)12-23-25(13)17-11-7-6-10-16(17)19(20,21)22/h3-12H,1-2H3. The normalized spacial score (nSPS) is 11.4. The van der Waals surface area contributed by atoms with Crippen LogP contribution in [0.15, 0.2) is 60.8 Å². The molecule has 0 unspecified atom stereocenters. The Kier molecular flexibility index (Phi) is 4.54. The van der Waals surface area contributed by atoms with Crippen molar-refractivity contribution < 1.29 is 18.0 Å². The predicted octanol–water partition coefficient (Wildman–Crippen LogP) is 4.48. The molecular weight excluding hydrogens is 343 g/mol. The van der Waals surface area contributed by atoms with Gasteiger partial charge in [-0.15, -0.1) is 0 Å². The van der Waals surface area contributed by atoms with Gasteiger partial charge in [0.2, 0.25) is 0 Å². The minimum atomic E-state index is -4.51. The van der Waals surface area contributed by atoms with Crippen molar-refractivity contribution in [1.29, 1.82) is 0 Å². The van der Waals surface area contributed by atoms with E-state index in [-0.39, 0.29) is 17.2 Å². The van der Waals surface area contributed by atoms with Gasteiger partial charge in [-0.3, -0.25) is 4.79 Å². The fourth-order valence-electron chi connectivity index (χ4n) is 2.71. The maximum atomic E-state index is 13.3. The van der Waals surface area contributed by atoms with Crippen LogP contribution in [0.1, 0.15) is 21.6 Å². The summed E-state index contributed by atoms with van der Waals surface area (Å²) in [6.07, 6.45) is -3.22. The zero-order chi connectivity index (χ0) is 18.9. The summed E-state index contributed by atoms with van der Waals surface area (Å²) in [6, 6.07) is 14.1. The summed E-state index contributed by atoms with van der Waals surface area (Å²) in [6.45, 7) is 1.58. The number of aromatic nitrogens is 2. The van der Waals surface area contributed by atoms with E-state index in [0.29, 0.717) is 11.4 Å². The van der Waals surface area contributed by atoms with Crippen molar-refractivity contribution in [2.24, 2.45) is 0 Å². The van der Waals surface area contributed by atoms with Gasteiger partial charge < -0.3 is 4.90 Å². The number of anilines is 1. The molecule has 0 bridgehead atoms. The lowest BCUT2D eigenvalue weighted by Gasteiger charge is -2.17. The number of carbonyl (C=O) groups excluding carboxylic acids is 1. The van der Waals surface area contributed by atoms with Gasteiger partial charge in [-0.1, -0.05) is 30.3 Å². The summed E-state index contributed by atoms with van der Waals surface area (Å²) >= 11 is 0. The topological polar surface area (TPSA) is 38.1 Å². The smallest absolute Gasteiger partial charge is 0.311 e. The van der Waals surface area contributed by atoms with Crippen molar-refractivity contribution >= 4 is 11.6 Å². The minimum absolute atomic E-state index is 0.112. The van der Waals surface area contributed by atoms with E-state index >= 15 is 0 Å². The first-order valence-corrected chi connectivity index (χ1v) is 7.85. The highest BCUT2D eigenvalue weighted by Crippen LogP contribution is 2.34. The van der Waals surface area contributed by atoms with Crippen LogP contribution in [0.3, 0.4) is 0 Å². The number of amides is 1. The number of benzene rings is 2. The molecule has 0 saturated heterocycles. The van der Waals surface area contributed by atoms with Gasteiger partial charge in [-0.05, 0) is 31.2 Å². The molecule has 0 N–H and O–H groups in total. The molecule has 3 aromatic rings. The molecule has 1 amide bonds. The molecule has 0 aliphatic heterocycles. The van der Waals surface area contributed by atoms with Gasteiger partial charge in [0, 0.05) is 12.7 Å². The van der Waals surface area contributed by atoms with Crippen LogP contribution in [0.4, 0.5) is 18.9 Å². The highest BCUT2D eigenvalue weighted by Gasteiger charge is 2.34. The van der Waals surface area contributed by atoms with Crippen molar-refractivity contribution in [3.63, 3.8) is 0 Å². The number of hydrogen-bond donors (Lipinski definition) is 0. The lowest BCUT2D eigenvalue weighted by molar-refractivity contribution is -0.137. The van der Waals surface area contributed by atoms with E-state index in [1.807, 2.05) is 6.07 Å². The molecular formula is C19H16F3N3O. The van der Waals surface area contributed by atoms with Crippen molar-refractivity contribution in [1.82, 2.24) is 9.78 Å². The van der Waals surface area contributed by atoms with Gasteiger partial charge in [0.1, 0.15) is 0 Å². The number of para-hydroxylation sites is 2. The molecule has 0 spiro atoms. The van der Waals surface area contributed by atoms with Crippen LogP contribution >= 0.6 is 0 Å². The van der Waals surface area contributed by atoms with Gasteiger partial charge in [-0.2, -0.15) is 18.3 Å². The van der Waals surface area contributed by atoms with Crippen molar-refractivity contribution in [3.05, 3.63) is 77.6 Å². The van der Waals surface area contributed by atoms with Crippen molar-refractivity contribution in [2.75, 3.05) is 11.9 Å². The van der Waals surface area contributed by atoms with Gasteiger partial charge >= 0.3 is 6.18 Å². The van der Waals surface area contributed by atoms with Crippen LogP contribution in [0.25, 0.3) is 5.69 Å². The highest BCUT2D eigenvalue weighted by atomic mass is 19.4. The summed E-state index contributed by atoms with van der Waals surface area (Å²) < 4.78 is 40.9. The molecule has 4 nitrogen and oxygen atoms in total. The van der Waals surface area contributed by atoms with Gasteiger partial charge in [0.25, 0.3) is 5.91 Å². The van der Waals surface area contributed by atoms with Crippen LogP contribution in [0.2, 0.25) is 0 Å². The molecule has 0 atom stereocenters. The summed E-state index contributed by atoms with van der Waals surface area (Å²) in [7, 11) is 1.61. The number of alkyl halides is 3. The first-order chi connectivity index (χ1) is 12.3. The maximum absolute atomic E-state index is 13.3. The van der Waals surface area contributed by atoms with E-state index in [0.717, 1.165) is 10.7 Å². The largest absolute Gasteiger partial charge is 0.418 e. The van der Waals surface area contributed by atoms with Crippen LogP contribution in [-0.4, -0.2) is 22.7 Å². The third kappa shape index (κ3) is 3.20. The van der Waals surface area contributed by atoms with E-state index in [1.165, 1.54) is 29.3 Å². The average molecular weight is 359 g/mol. The second-order valence-electron chi connectivity index (χ2n) is 5.77. The molecule has 26 heavy (non-hydrogen) atoms. The molecule has 0 saturated carbocycles. The molecule has 0 fully saturated rings. The monoisotopic (exact) mass is 359 g/mol. The highest BCUT2D eigenvalue weighted by molar-refractivity contribution is 6.06. The molecule has 1 heterocycles. The number of halogens is 3. The van der Waals surface area contributed by atoms with Crippen molar-refractivity contribution in [2.45, 2.75) is 13.1 Å². The number of carbonyl (C=O) groups is 1. The molecule has 7 heteroatoms. The molecule has 1 aromatic heterocycles.